The van der Waals surface area contributed by atoms with Crippen molar-refractivity contribution in [2.24, 2.45) is 0 Å². The number of rotatable bonds is 2. The molecule has 0 radical (unpaired) electrons. The Hall–Kier alpha value is -1.00. The number of aliphatic hydroxyl groups is 1. The van der Waals surface area contributed by atoms with Crippen LogP contribution < -0.4 is 4.90 Å². The molecule has 1 heterocycles. The number of benzene rings is 1. The SMILES string of the molecule is O=C1CC(S)CN1c1ccccc1CO. The molecule has 1 saturated heterocycles. The molecule has 3 nitrogen and oxygen atoms in total. The first-order valence-corrected chi connectivity index (χ1v) is 5.41. The van der Waals surface area contributed by atoms with E-state index in [4.69, 9.17) is 0 Å². The Morgan fingerprint density at radius 3 is 2.80 bits per heavy atom. The lowest BCUT2D eigenvalue weighted by Crippen LogP contribution is -2.25. The molecule has 1 amide bonds. The standard InChI is InChI=1S/C11H13NO2S/c13-7-8-3-1-2-4-10(8)12-6-9(15)5-11(12)14/h1-4,9,13,15H,5-7H2. The minimum absolute atomic E-state index is 0.0445. The van der Waals surface area contributed by atoms with Crippen LogP contribution in [0.2, 0.25) is 0 Å². The lowest BCUT2D eigenvalue weighted by atomic mass is 10.2. The highest BCUT2D eigenvalue weighted by atomic mass is 32.1. The van der Waals surface area contributed by atoms with E-state index in [0.717, 1.165) is 11.3 Å². The Bertz CT molecular complexity index is 381. The second-order valence-electron chi connectivity index (χ2n) is 3.65. The second kappa shape index (κ2) is 4.24. The summed E-state index contributed by atoms with van der Waals surface area (Å²) >= 11 is 4.30. The molecule has 1 fully saturated rings. The zero-order valence-corrected chi connectivity index (χ0v) is 9.15. The van der Waals surface area contributed by atoms with Gasteiger partial charge >= 0.3 is 0 Å². The van der Waals surface area contributed by atoms with Gasteiger partial charge in [-0.15, -0.1) is 0 Å². The van der Waals surface area contributed by atoms with Gasteiger partial charge in [0.05, 0.1) is 6.61 Å². The van der Waals surface area contributed by atoms with Crippen molar-refractivity contribution in [1.82, 2.24) is 0 Å². The van der Waals surface area contributed by atoms with Crippen LogP contribution in [-0.4, -0.2) is 22.8 Å². The highest BCUT2D eigenvalue weighted by Crippen LogP contribution is 2.27. The number of carbonyl (C=O) groups excluding carboxylic acids is 1. The molecular weight excluding hydrogens is 210 g/mol. The maximum atomic E-state index is 11.6. The van der Waals surface area contributed by atoms with Crippen LogP contribution in [0, 0.1) is 0 Å². The van der Waals surface area contributed by atoms with Gasteiger partial charge in [-0.1, -0.05) is 18.2 Å². The van der Waals surface area contributed by atoms with Gasteiger partial charge in [0.15, 0.2) is 0 Å². The van der Waals surface area contributed by atoms with Crippen molar-refractivity contribution in [3.8, 4) is 0 Å². The third-order valence-corrected chi connectivity index (χ3v) is 2.90. The summed E-state index contributed by atoms with van der Waals surface area (Å²) in [7, 11) is 0. The van der Waals surface area contributed by atoms with Gasteiger partial charge in [0.2, 0.25) is 5.91 Å². The maximum absolute atomic E-state index is 11.6. The van der Waals surface area contributed by atoms with Crippen LogP contribution in [0.25, 0.3) is 0 Å². The summed E-state index contributed by atoms with van der Waals surface area (Å²) in [6, 6.07) is 7.41. The Morgan fingerprint density at radius 2 is 2.20 bits per heavy atom. The number of para-hydroxylation sites is 1. The zero-order valence-electron chi connectivity index (χ0n) is 8.26. The molecule has 0 saturated carbocycles. The average molecular weight is 223 g/mol. The molecule has 1 aromatic rings. The molecule has 0 aromatic heterocycles. The van der Waals surface area contributed by atoms with Crippen LogP contribution in [0.4, 0.5) is 5.69 Å². The summed E-state index contributed by atoms with van der Waals surface area (Å²) in [4.78, 5) is 13.3. The molecule has 80 valence electrons. The molecule has 1 aliphatic heterocycles. The first-order chi connectivity index (χ1) is 7.22. The molecule has 1 aliphatic rings. The molecule has 0 aliphatic carbocycles. The summed E-state index contributed by atoms with van der Waals surface area (Å²) in [6.45, 7) is 0.580. The molecule has 0 spiro atoms. The first-order valence-electron chi connectivity index (χ1n) is 4.89. The van der Waals surface area contributed by atoms with Gasteiger partial charge in [-0.25, -0.2) is 0 Å². The lowest BCUT2D eigenvalue weighted by Gasteiger charge is -2.18. The smallest absolute Gasteiger partial charge is 0.228 e. The number of hydrogen-bond acceptors (Lipinski definition) is 3. The van der Waals surface area contributed by atoms with E-state index in [1.165, 1.54) is 0 Å². The van der Waals surface area contributed by atoms with Gasteiger partial charge in [0, 0.05) is 29.5 Å². The number of thiol groups is 1. The van der Waals surface area contributed by atoms with E-state index in [-0.39, 0.29) is 17.8 Å². The summed E-state index contributed by atoms with van der Waals surface area (Å²) < 4.78 is 0. The first kappa shape index (κ1) is 10.5. The Balaban J connectivity index is 2.33. The number of anilines is 1. The molecule has 4 heteroatoms. The third-order valence-electron chi connectivity index (χ3n) is 2.56. The highest BCUT2D eigenvalue weighted by Gasteiger charge is 2.29. The van der Waals surface area contributed by atoms with Crippen LogP contribution in [0.5, 0.6) is 0 Å². The van der Waals surface area contributed by atoms with Crippen LogP contribution in [0.1, 0.15) is 12.0 Å². The topological polar surface area (TPSA) is 40.5 Å². The molecular formula is C11H13NO2S. The lowest BCUT2D eigenvalue weighted by molar-refractivity contribution is -0.117. The van der Waals surface area contributed by atoms with Crippen LogP contribution >= 0.6 is 12.6 Å². The van der Waals surface area contributed by atoms with Crippen molar-refractivity contribution in [2.75, 3.05) is 11.4 Å². The van der Waals surface area contributed by atoms with Gasteiger partial charge < -0.3 is 10.0 Å². The van der Waals surface area contributed by atoms with E-state index >= 15 is 0 Å². The van der Waals surface area contributed by atoms with Gasteiger partial charge in [-0.05, 0) is 6.07 Å². The fourth-order valence-electron chi connectivity index (χ4n) is 1.83. The maximum Gasteiger partial charge on any atom is 0.228 e. The number of nitrogens with zero attached hydrogens (tertiary/aromatic N) is 1. The monoisotopic (exact) mass is 223 g/mol. The number of carbonyl (C=O) groups is 1. The quantitative estimate of drug-likeness (QED) is 0.740. The zero-order chi connectivity index (χ0) is 10.8. The molecule has 1 atom stereocenters. The number of hydrogen-bond donors (Lipinski definition) is 2. The van der Waals surface area contributed by atoms with E-state index in [1.54, 1.807) is 4.90 Å². The van der Waals surface area contributed by atoms with Gasteiger partial charge in [-0.3, -0.25) is 4.79 Å². The van der Waals surface area contributed by atoms with Gasteiger partial charge in [0.1, 0.15) is 0 Å². The number of aliphatic hydroxyl groups excluding tert-OH is 1. The predicted octanol–water partition coefficient (Wildman–Crippen LogP) is 1.21. The van der Waals surface area contributed by atoms with Gasteiger partial charge in [0.25, 0.3) is 0 Å². The summed E-state index contributed by atoms with van der Waals surface area (Å²) in [5.74, 6) is 0.0795. The van der Waals surface area contributed by atoms with Gasteiger partial charge in [-0.2, -0.15) is 12.6 Å². The molecule has 1 unspecified atom stereocenters. The molecule has 1 N–H and O–H groups in total. The Labute approximate surface area is 94.1 Å². The van der Waals surface area contributed by atoms with Crippen molar-refractivity contribution in [1.29, 1.82) is 0 Å². The fourth-order valence-corrected chi connectivity index (χ4v) is 2.15. The summed E-state index contributed by atoms with van der Waals surface area (Å²) in [5.41, 5.74) is 1.59. The van der Waals surface area contributed by atoms with Crippen LogP contribution in [-0.2, 0) is 11.4 Å². The minimum atomic E-state index is -0.0445. The normalized spacial score (nSPS) is 21.1. The van der Waals surface area contributed by atoms with E-state index in [0.29, 0.717) is 13.0 Å². The second-order valence-corrected chi connectivity index (χ2v) is 4.38. The molecule has 0 bridgehead atoms. The summed E-state index contributed by atoms with van der Waals surface area (Å²) in [5, 5.41) is 9.28. The largest absolute Gasteiger partial charge is 0.392 e. The molecule has 2 rings (SSSR count). The Kier molecular flexibility index (Phi) is 2.98. The van der Waals surface area contributed by atoms with Crippen LogP contribution in [0.15, 0.2) is 24.3 Å². The van der Waals surface area contributed by atoms with E-state index < -0.39 is 0 Å². The predicted molar refractivity (Wildman–Crippen MR) is 62.1 cm³/mol. The minimum Gasteiger partial charge on any atom is -0.392 e. The van der Waals surface area contributed by atoms with Crippen molar-refractivity contribution in [3.05, 3.63) is 29.8 Å². The average Bonchev–Trinajstić information content (AvgIpc) is 2.57. The van der Waals surface area contributed by atoms with Crippen molar-refractivity contribution in [3.63, 3.8) is 0 Å². The van der Waals surface area contributed by atoms with E-state index in [9.17, 15) is 9.90 Å². The van der Waals surface area contributed by atoms with Crippen molar-refractivity contribution in [2.45, 2.75) is 18.3 Å². The number of amides is 1. The molecule has 15 heavy (non-hydrogen) atoms. The summed E-state index contributed by atoms with van der Waals surface area (Å²) in [6.07, 6.45) is 0.475. The van der Waals surface area contributed by atoms with E-state index in [2.05, 4.69) is 12.6 Å². The fraction of sp³-hybridized carbons (Fsp3) is 0.364. The highest BCUT2D eigenvalue weighted by molar-refractivity contribution is 7.81. The van der Waals surface area contributed by atoms with E-state index in [1.807, 2.05) is 24.3 Å². The Morgan fingerprint density at radius 1 is 1.47 bits per heavy atom. The third kappa shape index (κ3) is 2.01. The van der Waals surface area contributed by atoms with Crippen molar-refractivity contribution < 1.29 is 9.90 Å². The molecule has 1 aromatic carbocycles. The van der Waals surface area contributed by atoms with Crippen LogP contribution in [0.3, 0.4) is 0 Å². The van der Waals surface area contributed by atoms with Crippen molar-refractivity contribution >= 4 is 24.2 Å².